The summed E-state index contributed by atoms with van der Waals surface area (Å²) in [5.74, 6) is 1.46. The van der Waals surface area contributed by atoms with Gasteiger partial charge in [0.05, 0.1) is 11.6 Å². The first-order valence-electron chi connectivity index (χ1n) is 5.95. The van der Waals surface area contributed by atoms with Crippen LogP contribution in [0.3, 0.4) is 0 Å². The summed E-state index contributed by atoms with van der Waals surface area (Å²) in [4.78, 5) is 13.7. The van der Waals surface area contributed by atoms with Crippen molar-refractivity contribution in [1.29, 1.82) is 0 Å². The van der Waals surface area contributed by atoms with E-state index in [2.05, 4.69) is 15.9 Å². The van der Waals surface area contributed by atoms with Crippen molar-refractivity contribution in [3.8, 4) is 11.5 Å². The van der Waals surface area contributed by atoms with Gasteiger partial charge in [-0.2, -0.15) is 0 Å². The van der Waals surface area contributed by atoms with Gasteiger partial charge in [0.25, 0.3) is 5.91 Å². The van der Waals surface area contributed by atoms with Crippen molar-refractivity contribution in [2.45, 2.75) is 12.8 Å². The van der Waals surface area contributed by atoms with Crippen molar-refractivity contribution < 1.29 is 14.3 Å². The van der Waals surface area contributed by atoms with Crippen molar-refractivity contribution in [2.75, 3.05) is 26.8 Å². The lowest BCUT2D eigenvalue weighted by Crippen LogP contribution is -2.32. The van der Waals surface area contributed by atoms with Gasteiger partial charge in [-0.15, -0.1) is 0 Å². The molecule has 4 nitrogen and oxygen atoms in total. The Morgan fingerprint density at radius 2 is 2.11 bits per heavy atom. The van der Waals surface area contributed by atoms with Gasteiger partial charge in [-0.1, -0.05) is 0 Å². The van der Waals surface area contributed by atoms with Crippen molar-refractivity contribution >= 4 is 21.8 Å². The van der Waals surface area contributed by atoms with Crippen LogP contribution >= 0.6 is 15.9 Å². The molecule has 1 heterocycles. The molecule has 0 unspecified atom stereocenters. The van der Waals surface area contributed by atoms with Gasteiger partial charge in [-0.25, -0.2) is 0 Å². The molecule has 2 rings (SSSR count). The Morgan fingerprint density at radius 3 is 2.72 bits per heavy atom. The molecule has 0 spiro atoms. The molecule has 1 aliphatic rings. The fraction of sp³-hybridized carbons (Fsp3) is 0.462. The third kappa shape index (κ3) is 3.16. The first kappa shape index (κ1) is 13.2. The standard InChI is InChI=1S/C13H16BrNO3/c1-17-10-4-5-12(11(14)8-10)18-9-13(16)15-6-2-3-7-15/h4-5,8H,2-3,6-7,9H2,1H3. The van der Waals surface area contributed by atoms with Crippen molar-refractivity contribution in [3.05, 3.63) is 22.7 Å². The molecule has 0 radical (unpaired) electrons. The lowest BCUT2D eigenvalue weighted by Gasteiger charge is -2.16. The van der Waals surface area contributed by atoms with Crippen LogP contribution in [0.5, 0.6) is 11.5 Å². The first-order valence-corrected chi connectivity index (χ1v) is 6.74. The molecule has 18 heavy (non-hydrogen) atoms. The lowest BCUT2D eigenvalue weighted by molar-refractivity contribution is -0.132. The second kappa shape index (κ2) is 6.09. The fourth-order valence-electron chi connectivity index (χ4n) is 1.92. The normalized spacial score (nSPS) is 14.7. The summed E-state index contributed by atoms with van der Waals surface area (Å²) >= 11 is 3.39. The van der Waals surface area contributed by atoms with Crippen LogP contribution in [0.25, 0.3) is 0 Å². The van der Waals surface area contributed by atoms with Crippen LogP contribution in [0.4, 0.5) is 0 Å². The second-order valence-electron chi connectivity index (χ2n) is 4.17. The number of amides is 1. The molecule has 1 aromatic carbocycles. The molecule has 1 saturated heterocycles. The van der Waals surface area contributed by atoms with Crippen molar-refractivity contribution in [2.24, 2.45) is 0 Å². The van der Waals surface area contributed by atoms with Crippen molar-refractivity contribution in [3.63, 3.8) is 0 Å². The number of carbonyl (C=O) groups is 1. The lowest BCUT2D eigenvalue weighted by atomic mass is 10.3. The fourth-order valence-corrected chi connectivity index (χ4v) is 2.40. The number of rotatable bonds is 4. The summed E-state index contributed by atoms with van der Waals surface area (Å²) < 4.78 is 11.4. The zero-order chi connectivity index (χ0) is 13.0. The minimum atomic E-state index is 0.0511. The predicted molar refractivity (Wildman–Crippen MR) is 72.0 cm³/mol. The third-order valence-corrected chi connectivity index (χ3v) is 3.57. The molecule has 5 heteroatoms. The molecule has 0 saturated carbocycles. The minimum Gasteiger partial charge on any atom is -0.497 e. The van der Waals surface area contributed by atoms with Gasteiger partial charge in [0.15, 0.2) is 6.61 Å². The summed E-state index contributed by atoms with van der Waals surface area (Å²) in [7, 11) is 1.61. The smallest absolute Gasteiger partial charge is 0.260 e. The van der Waals surface area contributed by atoms with Crippen LogP contribution in [-0.2, 0) is 4.79 Å². The van der Waals surface area contributed by atoms with E-state index in [0.717, 1.165) is 36.2 Å². The Balaban J connectivity index is 1.91. The number of carbonyl (C=O) groups excluding carboxylic acids is 1. The van der Waals surface area contributed by atoms with Crippen LogP contribution in [0.2, 0.25) is 0 Å². The molecule has 1 aromatic rings. The Morgan fingerprint density at radius 1 is 1.39 bits per heavy atom. The Labute approximate surface area is 115 Å². The SMILES string of the molecule is COc1ccc(OCC(=O)N2CCCC2)c(Br)c1. The third-order valence-electron chi connectivity index (χ3n) is 2.95. The zero-order valence-electron chi connectivity index (χ0n) is 10.3. The molecule has 0 atom stereocenters. The van der Waals surface area contributed by atoms with E-state index < -0.39 is 0 Å². The molecule has 98 valence electrons. The van der Waals surface area contributed by atoms with Crippen molar-refractivity contribution in [1.82, 2.24) is 4.90 Å². The molecule has 0 aliphatic carbocycles. The van der Waals surface area contributed by atoms with E-state index in [0.29, 0.717) is 5.75 Å². The number of methoxy groups -OCH3 is 1. The zero-order valence-corrected chi connectivity index (χ0v) is 11.9. The van der Waals surface area contributed by atoms with E-state index in [1.165, 1.54) is 0 Å². The highest BCUT2D eigenvalue weighted by Crippen LogP contribution is 2.29. The summed E-state index contributed by atoms with van der Waals surface area (Å²) in [6.07, 6.45) is 2.19. The van der Waals surface area contributed by atoms with Gasteiger partial charge in [0.1, 0.15) is 11.5 Å². The molecule has 1 amide bonds. The largest absolute Gasteiger partial charge is 0.497 e. The van der Waals surface area contributed by atoms with Crippen LogP contribution in [0.1, 0.15) is 12.8 Å². The van der Waals surface area contributed by atoms with E-state index in [-0.39, 0.29) is 12.5 Å². The average Bonchev–Trinajstić information content (AvgIpc) is 2.90. The second-order valence-corrected chi connectivity index (χ2v) is 5.03. The molecule has 0 aromatic heterocycles. The molecular formula is C13H16BrNO3. The maximum absolute atomic E-state index is 11.8. The summed E-state index contributed by atoms with van der Waals surface area (Å²) in [6.45, 7) is 1.79. The Hall–Kier alpha value is -1.23. The summed E-state index contributed by atoms with van der Waals surface area (Å²) in [6, 6.07) is 5.41. The topological polar surface area (TPSA) is 38.8 Å². The van der Waals surface area contributed by atoms with E-state index >= 15 is 0 Å². The molecule has 0 N–H and O–H groups in total. The van der Waals surface area contributed by atoms with Crippen LogP contribution in [0, 0.1) is 0 Å². The maximum atomic E-state index is 11.8. The number of hydrogen-bond donors (Lipinski definition) is 0. The quantitative estimate of drug-likeness (QED) is 0.857. The van der Waals surface area contributed by atoms with E-state index in [1.54, 1.807) is 19.2 Å². The van der Waals surface area contributed by atoms with Crippen LogP contribution in [-0.4, -0.2) is 37.6 Å². The highest BCUT2D eigenvalue weighted by Gasteiger charge is 2.18. The van der Waals surface area contributed by atoms with Gasteiger partial charge in [0.2, 0.25) is 0 Å². The van der Waals surface area contributed by atoms with Gasteiger partial charge >= 0.3 is 0 Å². The van der Waals surface area contributed by atoms with Gasteiger partial charge in [0, 0.05) is 13.1 Å². The molecule has 0 bridgehead atoms. The number of benzene rings is 1. The number of halogens is 1. The van der Waals surface area contributed by atoms with Crippen LogP contribution < -0.4 is 9.47 Å². The maximum Gasteiger partial charge on any atom is 0.260 e. The highest BCUT2D eigenvalue weighted by molar-refractivity contribution is 9.10. The number of likely N-dealkylation sites (tertiary alicyclic amines) is 1. The average molecular weight is 314 g/mol. The van der Waals surface area contributed by atoms with Gasteiger partial charge in [-0.05, 0) is 47.0 Å². The Kier molecular flexibility index (Phi) is 4.47. The molecular weight excluding hydrogens is 298 g/mol. The van der Waals surface area contributed by atoms with Gasteiger partial charge < -0.3 is 14.4 Å². The van der Waals surface area contributed by atoms with E-state index in [9.17, 15) is 4.79 Å². The Bertz CT molecular complexity index is 430. The number of ether oxygens (including phenoxy) is 2. The monoisotopic (exact) mass is 313 g/mol. The first-order chi connectivity index (χ1) is 8.70. The van der Waals surface area contributed by atoms with E-state index in [4.69, 9.17) is 9.47 Å². The molecule has 1 fully saturated rings. The highest BCUT2D eigenvalue weighted by atomic mass is 79.9. The summed E-state index contributed by atoms with van der Waals surface area (Å²) in [5, 5.41) is 0. The minimum absolute atomic E-state index is 0.0511. The van der Waals surface area contributed by atoms with E-state index in [1.807, 2.05) is 11.0 Å². The summed E-state index contributed by atoms with van der Waals surface area (Å²) in [5.41, 5.74) is 0. The van der Waals surface area contributed by atoms with Crippen LogP contribution in [0.15, 0.2) is 22.7 Å². The predicted octanol–water partition coefficient (Wildman–Crippen LogP) is 2.46. The number of hydrogen-bond acceptors (Lipinski definition) is 3. The molecule has 1 aliphatic heterocycles. The number of nitrogens with zero attached hydrogens (tertiary/aromatic N) is 1. The van der Waals surface area contributed by atoms with Gasteiger partial charge in [-0.3, -0.25) is 4.79 Å².